The topological polar surface area (TPSA) is 69.0 Å². The van der Waals surface area contributed by atoms with E-state index < -0.39 is 0 Å². The molecule has 2 aromatic rings. The van der Waals surface area contributed by atoms with Gasteiger partial charge in [-0.3, -0.25) is 4.79 Å². The molecule has 1 aromatic heterocycles. The molecule has 3 rings (SSSR count). The van der Waals surface area contributed by atoms with Crippen molar-refractivity contribution in [3.05, 3.63) is 30.1 Å². The molecular weight excluding hydrogens is 331 g/mol. The van der Waals surface area contributed by atoms with Gasteiger partial charge in [-0.2, -0.15) is 0 Å². The summed E-state index contributed by atoms with van der Waals surface area (Å²) in [5.41, 5.74) is 0.779. The minimum absolute atomic E-state index is 0.0539. The number of aromatic nitrogens is 3. The normalized spacial score (nSPS) is 17.2. The van der Waals surface area contributed by atoms with E-state index in [9.17, 15) is 9.18 Å². The van der Waals surface area contributed by atoms with Crippen molar-refractivity contribution in [3.63, 3.8) is 0 Å². The summed E-state index contributed by atoms with van der Waals surface area (Å²) >= 11 is 1.32. The van der Waals surface area contributed by atoms with Crippen molar-refractivity contribution >= 4 is 17.7 Å². The van der Waals surface area contributed by atoms with Crippen LogP contribution in [0.1, 0.15) is 12.8 Å². The van der Waals surface area contributed by atoms with E-state index in [0.717, 1.165) is 25.0 Å². The molecule has 1 aliphatic rings. The number of nitrogens with zero attached hydrogens (tertiary/aromatic N) is 3. The number of carbonyl (C=O) groups is 1. The number of halogens is 1. The van der Waals surface area contributed by atoms with Gasteiger partial charge in [0.05, 0.1) is 11.9 Å². The van der Waals surface area contributed by atoms with Gasteiger partial charge >= 0.3 is 0 Å². The summed E-state index contributed by atoms with van der Waals surface area (Å²) in [5.74, 6) is 0.555. The van der Waals surface area contributed by atoms with Gasteiger partial charge < -0.3 is 14.6 Å². The van der Waals surface area contributed by atoms with Crippen molar-refractivity contribution in [2.45, 2.75) is 24.1 Å². The second kappa shape index (κ2) is 7.76. The summed E-state index contributed by atoms with van der Waals surface area (Å²) in [5, 5.41) is 11.7. The molecule has 1 aliphatic heterocycles. The maximum Gasteiger partial charge on any atom is 0.230 e. The quantitative estimate of drug-likeness (QED) is 0.807. The van der Waals surface area contributed by atoms with Gasteiger partial charge in [0.25, 0.3) is 0 Å². The first kappa shape index (κ1) is 16.9. The van der Waals surface area contributed by atoms with E-state index in [-0.39, 0.29) is 23.6 Å². The molecule has 6 nitrogen and oxygen atoms in total. The lowest BCUT2D eigenvalue weighted by atomic mass is 10.2. The van der Waals surface area contributed by atoms with Crippen LogP contribution in [0.5, 0.6) is 0 Å². The number of thioether (sulfide) groups is 1. The fourth-order valence-electron chi connectivity index (χ4n) is 2.51. The van der Waals surface area contributed by atoms with Crippen LogP contribution in [0, 0.1) is 5.82 Å². The molecule has 1 atom stereocenters. The highest BCUT2D eigenvalue weighted by Crippen LogP contribution is 2.22. The van der Waals surface area contributed by atoms with E-state index in [2.05, 4.69) is 15.5 Å². The fourth-order valence-corrected chi connectivity index (χ4v) is 3.25. The first-order chi connectivity index (χ1) is 11.6. The van der Waals surface area contributed by atoms with Crippen LogP contribution in [-0.4, -0.2) is 45.7 Å². The third-order valence-corrected chi connectivity index (χ3v) is 4.84. The molecule has 24 heavy (non-hydrogen) atoms. The number of ether oxygens (including phenoxy) is 1. The first-order valence-corrected chi connectivity index (χ1v) is 8.78. The molecule has 1 fully saturated rings. The van der Waals surface area contributed by atoms with Crippen molar-refractivity contribution < 1.29 is 13.9 Å². The zero-order chi connectivity index (χ0) is 16.9. The van der Waals surface area contributed by atoms with Crippen molar-refractivity contribution in [2.75, 3.05) is 18.9 Å². The molecule has 8 heteroatoms. The first-order valence-electron chi connectivity index (χ1n) is 7.80. The third kappa shape index (κ3) is 4.12. The van der Waals surface area contributed by atoms with Gasteiger partial charge in [0, 0.05) is 25.8 Å². The molecule has 0 spiro atoms. The summed E-state index contributed by atoms with van der Waals surface area (Å²) in [4.78, 5) is 11.9. The predicted octanol–water partition coefficient (Wildman–Crippen LogP) is 2.01. The average molecular weight is 350 g/mol. The van der Waals surface area contributed by atoms with Crippen molar-refractivity contribution in [1.82, 2.24) is 20.1 Å². The molecule has 2 heterocycles. The molecule has 0 unspecified atom stereocenters. The predicted molar refractivity (Wildman–Crippen MR) is 89.1 cm³/mol. The van der Waals surface area contributed by atoms with E-state index in [1.54, 1.807) is 16.7 Å². The lowest BCUT2D eigenvalue weighted by Gasteiger charge is -2.10. The summed E-state index contributed by atoms with van der Waals surface area (Å²) in [6.07, 6.45) is 2.19. The monoisotopic (exact) mass is 350 g/mol. The number of rotatable bonds is 6. The van der Waals surface area contributed by atoms with E-state index >= 15 is 0 Å². The van der Waals surface area contributed by atoms with Crippen molar-refractivity contribution in [1.29, 1.82) is 0 Å². The van der Waals surface area contributed by atoms with Crippen LogP contribution in [-0.2, 0) is 16.6 Å². The second-order valence-electron chi connectivity index (χ2n) is 5.60. The summed E-state index contributed by atoms with van der Waals surface area (Å²) in [6.45, 7) is 1.33. The summed E-state index contributed by atoms with van der Waals surface area (Å²) in [6, 6.07) is 6.08. The Morgan fingerprint density at radius 1 is 1.42 bits per heavy atom. The van der Waals surface area contributed by atoms with E-state index in [1.807, 2.05) is 7.05 Å². The number of carbonyl (C=O) groups excluding carboxylic acids is 1. The van der Waals surface area contributed by atoms with Crippen LogP contribution < -0.4 is 5.32 Å². The van der Waals surface area contributed by atoms with Crippen molar-refractivity contribution in [3.8, 4) is 11.4 Å². The van der Waals surface area contributed by atoms with E-state index in [0.29, 0.717) is 17.5 Å². The lowest BCUT2D eigenvalue weighted by molar-refractivity contribution is -0.119. The largest absolute Gasteiger partial charge is 0.376 e. The molecule has 0 bridgehead atoms. The van der Waals surface area contributed by atoms with Crippen LogP contribution in [0.15, 0.2) is 29.4 Å². The molecule has 0 aliphatic carbocycles. The Labute approximate surface area is 143 Å². The third-order valence-electron chi connectivity index (χ3n) is 3.82. The molecule has 0 saturated carbocycles. The van der Waals surface area contributed by atoms with Crippen molar-refractivity contribution in [2.24, 2.45) is 7.05 Å². The molecule has 1 saturated heterocycles. The highest BCUT2D eigenvalue weighted by Gasteiger charge is 2.17. The maximum atomic E-state index is 13.0. The van der Waals surface area contributed by atoms with Gasteiger partial charge in [0.15, 0.2) is 11.0 Å². The number of nitrogens with one attached hydrogen (secondary N) is 1. The Hall–Kier alpha value is -1.93. The van der Waals surface area contributed by atoms with Crippen LogP contribution in [0.4, 0.5) is 4.39 Å². The number of benzene rings is 1. The zero-order valence-corrected chi connectivity index (χ0v) is 14.2. The van der Waals surface area contributed by atoms with Crippen LogP contribution in [0.25, 0.3) is 11.4 Å². The average Bonchev–Trinajstić information content (AvgIpc) is 3.22. The Balaban J connectivity index is 1.54. The number of hydrogen-bond acceptors (Lipinski definition) is 5. The molecule has 1 amide bonds. The van der Waals surface area contributed by atoms with Crippen LogP contribution in [0.2, 0.25) is 0 Å². The van der Waals surface area contributed by atoms with Gasteiger partial charge in [-0.15, -0.1) is 10.2 Å². The van der Waals surface area contributed by atoms with Gasteiger partial charge in [-0.05, 0) is 37.1 Å². The van der Waals surface area contributed by atoms with Crippen LogP contribution in [0.3, 0.4) is 0 Å². The Morgan fingerprint density at radius 2 is 2.21 bits per heavy atom. The fraction of sp³-hybridized carbons (Fsp3) is 0.438. The van der Waals surface area contributed by atoms with Gasteiger partial charge in [0.2, 0.25) is 5.91 Å². The van der Waals surface area contributed by atoms with E-state index in [1.165, 1.54) is 23.9 Å². The maximum absolute atomic E-state index is 13.0. The Morgan fingerprint density at radius 3 is 2.92 bits per heavy atom. The lowest BCUT2D eigenvalue weighted by Crippen LogP contribution is -2.32. The standard InChI is InChI=1S/C16H19FN4O2S/c1-21-15(11-4-6-12(17)7-5-11)19-20-16(21)24-10-14(22)18-9-13-3-2-8-23-13/h4-7,13H,2-3,8-10H2,1H3,(H,18,22)/t13-/m1/s1. The highest BCUT2D eigenvalue weighted by molar-refractivity contribution is 7.99. The molecule has 1 aromatic carbocycles. The summed E-state index contributed by atoms with van der Waals surface area (Å²) in [7, 11) is 1.82. The molecule has 0 radical (unpaired) electrons. The Kier molecular flexibility index (Phi) is 5.47. The number of amides is 1. The van der Waals surface area contributed by atoms with Gasteiger partial charge in [-0.1, -0.05) is 11.8 Å². The SMILES string of the molecule is Cn1c(SCC(=O)NC[C@H]2CCCO2)nnc1-c1ccc(F)cc1. The summed E-state index contributed by atoms with van der Waals surface area (Å²) < 4.78 is 20.3. The molecule has 128 valence electrons. The van der Waals surface area contributed by atoms with Gasteiger partial charge in [-0.25, -0.2) is 4.39 Å². The Bertz CT molecular complexity index is 699. The smallest absolute Gasteiger partial charge is 0.230 e. The minimum atomic E-state index is -0.293. The second-order valence-corrected chi connectivity index (χ2v) is 6.54. The number of hydrogen-bond donors (Lipinski definition) is 1. The minimum Gasteiger partial charge on any atom is -0.376 e. The van der Waals surface area contributed by atoms with E-state index in [4.69, 9.17) is 4.74 Å². The van der Waals surface area contributed by atoms with Crippen LogP contribution >= 0.6 is 11.8 Å². The molecular formula is C16H19FN4O2S. The van der Waals surface area contributed by atoms with Gasteiger partial charge in [0.1, 0.15) is 5.82 Å². The highest BCUT2D eigenvalue weighted by atomic mass is 32.2. The zero-order valence-electron chi connectivity index (χ0n) is 13.4. The molecule has 1 N–H and O–H groups in total.